The Bertz CT molecular complexity index is 378. The lowest BCUT2D eigenvalue weighted by atomic mass is 10.4. The van der Waals surface area contributed by atoms with Crippen LogP contribution in [0.15, 0.2) is 24.4 Å². The second-order valence-electron chi connectivity index (χ2n) is 2.96. The third-order valence-corrected chi connectivity index (χ3v) is 3.18. The molecule has 0 saturated heterocycles. The summed E-state index contributed by atoms with van der Waals surface area (Å²) in [5, 5.41) is 2.93. The highest BCUT2D eigenvalue weighted by molar-refractivity contribution is 7.89. The van der Waals surface area contributed by atoms with E-state index >= 15 is 0 Å². The Balaban J connectivity index is 2.34. The smallest absolute Gasteiger partial charge is 0.213 e. The molecule has 6 heteroatoms. The Kier molecular flexibility index (Phi) is 4.51. The summed E-state index contributed by atoms with van der Waals surface area (Å²) in [6.45, 7) is 2.53. The van der Waals surface area contributed by atoms with Gasteiger partial charge >= 0.3 is 0 Å². The number of nitrogens with one attached hydrogen (secondary N) is 2. The Morgan fingerprint density at radius 2 is 2.20 bits per heavy atom. The minimum absolute atomic E-state index is 0.0530. The van der Waals surface area contributed by atoms with Crippen molar-refractivity contribution < 1.29 is 8.42 Å². The standard InChI is InChI=1S/C9H15N3O2S/c1-2-12-15(13,14)8-7-11-9-5-3-4-6-10-9/h3-6,12H,2,7-8H2,1H3,(H,10,11). The molecule has 84 valence electrons. The van der Waals surface area contributed by atoms with Crippen molar-refractivity contribution >= 4 is 15.8 Å². The van der Waals surface area contributed by atoms with Gasteiger partial charge in [0.15, 0.2) is 0 Å². The minimum Gasteiger partial charge on any atom is -0.369 e. The Morgan fingerprint density at radius 3 is 2.80 bits per heavy atom. The van der Waals surface area contributed by atoms with E-state index in [1.807, 2.05) is 6.07 Å². The fraction of sp³-hybridized carbons (Fsp3) is 0.444. The van der Waals surface area contributed by atoms with Crippen molar-refractivity contribution in [3.8, 4) is 0 Å². The molecule has 2 N–H and O–H groups in total. The van der Waals surface area contributed by atoms with Gasteiger partial charge in [-0.1, -0.05) is 13.0 Å². The van der Waals surface area contributed by atoms with Crippen LogP contribution in [-0.4, -0.2) is 32.2 Å². The second kappa shape index (κ2) is 5.67. The molecule has 15 heavy (non-hydrogen) atoms. The number of rotatable bonds is 6. The van der Waals surface area contributed by atoms with Crippen molar-refractivity contribution in [1.29, 1.82) is 0 Å². The van der Waals surface area contributed by atoms with Crippen molar-refractivity contribution in [1.82, 2.24) is 9.71 Å². The van der Waals surface area contributed by atoms with Gasteiger partial charge in [-0.25, -0.2) is 18.1 Å². The molecular formula is C9H15N3O2S. The van der Waals surface area contributed by atoms with Gasteiger partial charge in [-0.2, -0.15) is 0 Å². The first-order valence-electron chi connectivity index (χ1n) is 4.76. The Labute approximate surface area is 90.0 Å². The van der Waals surface area contributed by atoms with Gasteiger partial charge in [0.05, 0.1) is 5.75 Å². The largest absolute Gasteiger partial charge is 0.369 e. The van der Waals surface area contributed by atoms with E-state index in [1.165, 1.54) is 0 Å². The van der Waals surface area contributed by atoms with Crippen molar-refractivity contribution in [2.45, 2.75) is 6.92 Å². The molecule has 0 amide bonds. The Hall–Kier alpha value is -1.14. The van der Waals surface area contributed by atoms with Crippen molar-refractivity contribution in [3.05, 3.63) is 24.4 Å². The molecule has 0 unspecified atom stereocenters. The molecule has 0 fully saturated rings. The fourth-order valence-electron chi connectivity index (χ4n) is 1.07. The molecule has 5 nitrogen and oxygen atoms in total. The van der Waals surface area contributed by atoms with Gasteiger partial charge in [0, 0.05) is 19.3 Å². The van der Waals surface area contributed by atoms with E-state index in [0.717, 1.165) is 0 Å². The van der Waals surface area contributed by atoms with Crippen LogP contribution in [-0.2, 0) is 10.0 Å². The summed E-state index contributed by atoms with van der Waals surface area (Å²) in [6, 6.07) is 5.44. The number of aromatic nitrogens is 1. The molecule has 0 bridgehead atoms. The molecule has 0 aliphatic heterocycles. The van der Waals surface area contributed by atoms with E-state index in [4.69, 9.17) is 0 Å². The number of pyridine rings is 1. The zero-order chi connectivity index (χ0) is 11.1. The summed E-state index contributed by atoms with van der Waals surface area (Å²) in [4.78, 5) is 4.02. The monoisotopic (exact) mass is 229 g/mol. The molecular weight excluding hydrogens is 214 g/mol. The molecule has 0 aliphatic rings. The maximum absolute atomic E-state index is 11.2. The van der Waals surface area contributed by atoms with Crippen LogP contribution in [0.3, 0.4) is 0 Å². The van der Waals surface area contributed by atoms with Crippen molar-refractivity contribution in [3.63, 3.8) is 0 Å². The summed E-state index contributed by atoms with van der Waals surface area (Å²) >= 11 is 0. The molecule has 0 aromatic carbocycles. The molecule has 1 rings (SSSR count). The van der Waals surface area contributed by atoms with Crippen LogP contribution in [0.25, 0.3) is 0 Å². The summed E-state index contributed by atoms with van der Waals surface area (Å²) < 4.78 is 24.9. The van der Waals surface area contributed by atoms with Gasteiger partial charge in [0.2, 0.25) is 10.0 Å². The van der Waals surface area contributed by atoms with Crippen molar-refractivity contribution in [2.24, 2.45) is 0 Å². The normalized spacial score (nSPS) is 11.3. The van der Waals surface area contributed by atoms with Gasteiger partial charge in [0.25, 0.3) is 0 Å². The van der Waals surface area contributed by atoms with E-state index in [2.05, 4.69) is 15.0 Å². The fourth-order valence-corrected chi connectivity index (χ4v) is 2.03. The number of hydrogen-bond donors (Lipinski definition) is 2. The van der Waals surface area contributed by atoms with Crippen LogP contribution in [0.1, 0.15) is 6.92 Å². The van der Waals surface area contributed by atoms with Crippen LogP contribution in [0.2, 0.25) is 0 Å². The number of nitrogens with zero attached hydrogens (tertiary/aromatic N) is 1. The average molecular weight is 229 g/mol. The molecule has 1 heterocycles. The van der Waals surface area contributed by atoms with Crippen LogP contribution >= 0.6 is 0 Å². The highest BCUT2D eigenvalue weighted by Crippen LogP contribution is 1.98. The van der Waals surface area contributed by atoms with Gasteiger partial charge < -0.3 is 5.32 Å². The predicted octanol–water partition coefficient (Wildman–Crippen LogP) is 0.433. The minimum atomic E-state index is -3.14. The van der Waals surface area contributed by atoms with Gasteiger partial charge in [-0.05, 0) is 12.1 Å². The summed E-state index contributed by atoms with van der Waals surface area (Å²) in [5.74, 6) is 0.737. The highest BCUT2D eigenvalue weighted by Gasteiger charge is 2.07. The Morgan fingerprint density at radius 1 is 1.40 bits per heavy atom. The molecule has 0 radical (unpaired) electrons. The zero-order valence-electron chi connectivity index (χ0n) is 8.60. The van der Waals surface area contributed by atoms with Crippen LogP contribution < -0.4 is 10.0 Å². The zero-order valence-corrected chi connectivity index (χ0v) is 9.42. The third-order valence-electron chi connectivity index (χ3n) is 1.71. The quantitative estimate of drug-likeness (QED) is 0.742. The highest BCUT2D eigenvalue weighted by atomic mass is 32.2. The van der Waals surface area contributed by atoms with E-state index in [-0.39, 0.29) is 5.75 Å². The lowest BCUT2D eigenvalue weighted by Crippen LogP contribution is -2.29. The summed E-state index contributed by atoms with van der Waals surface area (Å²) in [7, 11) is -3.14. The average Bonchev–Trinajstić information content (AvgIpc) is 2.19. The number of hydrogen-bond acceptors (Lipinski definition) is 4. The topological polar surface area (TPSA) is 71.1 Å². The maximum Gasteiger partial charge on any atom is 0.213 e. The van der Waals surface area contributed by atoms with Gasteiger partial charge in [-0.3, -0.25) is 0 Å². The molecule has 0 atom stereocenters. The first kappa shape index (κ1) is 11.9. The summed E-state index contributed by atoms with van der Waals surface area (Å²) in [5.41, 5.74) is 0. The van der Waals surface area contributed by atoms with E-state index in [0.29, 0.717) is 18.9 Å². The third kappa shape index (κ3) is 4.75. The van der Waals surface area contributed by atoms with Gasteiger partial charge in [0.1, 0.15) is 5.82 Å². The van der Waals surface area contributed by atoms with E-state index in [9.17, 15) is 8.42 Å². The molecule has 0 saturated carbocycles. The first-order chi connectivity index (χ1) is 7.14. The van der Waals surface area contributed by atoms with Crippen LogP contribution in [0, 0.1) is 0 Å². The predicted molar refractivity (Wildman–Crippen MR) is 60.2 cm³/mol. The van der Waals surface area contributed by atoms with Crippen molar-refractivity contribution in [2.75, 3.05) is 24.2 Å². The SMILES string of the molecule is CCNS(=O)(=O)CCNc1ccccn1. The molecule has 1 aromatic rings. The van der Waals surface area contributed by atoms with Crippen LogP contribution in [0.5, 0.6) is 0 Å². The molecule has 0 spiro atoms. The van der Waals surface area contributed by atoms with Gasteiger partial charge in [-0.15, -0.1) is 0 Å². The van der Waals surface area contributed by atoms with E-state index < -0.39 is 10.0 Å². The number of sulfonamides is 1. The molecule has 1 aromatic heterocycles. The van der Waals surface area contributed by atoms with E-state index in [1.54, 1.807) is 25.3 Å². The lowest BCUT2D eigenvalue weighted by molar-refractivity contribution is 0.584. The number of anilines is 1. The summed E-state index contributed by atoms with van der Waals surface area (Å²) in [6.07, 6.45) is 1.65. The second-order valence-corrected chi connectivity index (χ2v) is 4.88. The first-order valence-corrected chi connectivity index (χ1v) is 6.41. The lowest BCUT2D eigenvalue weighted by Gasteiger charge is -2.06. The molecule has 0 aliphatic carbocycles. The maximum atomic E-state index is 11.2. The van der Waals surface area contributed by atoms with Crippen LogP contribution in [0.4, 0.5) is 5.82 Å².